The number of rotatable bonds is 4. The summed E-state index contributed by atoms with van der Waals surface area (Å²) >= 11 is 0. The largest absolute Gasteiger partial charge is 0.496 e. The lowest BCUT2D eigenvalue weighted by Gasteiger charge is -2.37. The summed E-state index contributed by atoms with van der Waals surface area (Å²) in [5, 5.41) is 1.02. The number of methoxy groups -OCH3 is 1. The second kappa shape index (κ2) is 8.61. The number of benzene rings is 2. The van der Waals surface area contributed by atoms with Crippen LogP contribution in [0, 0.1) is 0 Å². The average Bonchev–Trinajstić information content (AvgIpc) is 3.54. The van der Waals surface area contributed by atoms with Gasteiger partial charge < -0.3 is 14.6 Å². The summed E-state index contributed by atoms with van der Waals surface area (Å²) in [5.74, 6) is 0.947. The van der Waals surface area contributed by atoms with E-state index in [2.05, 4.69) is 27.0 Å². The number of H-pyrrole nitrogens is 1. The van der Waals surface area contributed by atoms with Crippen molar-refractivity contribution in [3.63, 3.8) is 0 Å². The van der Waals surface area contributed by atoms with Crippen LogP contribution in [0.4, 0.5) is 0 Å². The summed E-state index contributed by atoms with van der Waals surface area (Å²) in [7, 11) is 1.69. The third kappa shape index (κ3) is 3.64. The van der Waals surface area contributed by atoms with Gasteiger partial charge in [0, 0.05) is 65.7 Å². The molecule has 4 heterocycles. The van der Waals surface area contributed by atoms with Crippen molar-refractivity contribution < 1.29 is 9.53 Å². The number of para-hydroxylation sites is 1. The molecule has 0 bridgehead atoms. The summed E-state index contributed by atoms with van der Waals surface area (Å²) in [6.07, 6.45) is 6.28. The van der Waals surface area contributed by atoms with Crippen molar-refractivity contribution in [3.8, 4) is 28.0 Å². The Balaban J connectivity index is 1.32. The van der Waals surface area contributed by atoms with E-state index in [4.69, 9.17) is 4.74 Å². The Labute approximate surface area is 199 Å². The number of aromatic amines is 1. The van der Waals surface area contributed by atoms with E-state index in [0.717, 1.165) is 64.2 Å². The van der Waals surface area contributed by atoms with Gasteiger partial charge in [-0.3, -0.25) is 9.69 Å². The molecule has 6 nitrogen and oxygen atoms in total. The number of piperazine rings is 1. The molecule has 172 valence electrons. The third-order valence-corrected chi connectivity index (χ3v) is 7.25. The van der Waals surface area contributed by atoms with Gasteiger partial charge in [-0.15, -0.1) is 0 Å². The minimum atomic E-state index is 0.124. The van der Waals surface area contributed by atoms with Crippen LogP contribution in [0.1, 0.15) is 23.2 Å². The summed E-state index contributed by atoms with van der Waals surface area (Å²) in [5.41, 5.74) is 5.61. The van der Waals surface area contributed by atoms with Gasteiger partial charge in [-0.1, -0.05) is 30.3 Å². The number of nitrogens with zero attached hydrogens (tertiary/aromatic N) is 3. The second-order valence-electron chi connectivity index (χ2n) is 9.19. The SMILES string of the molecule is COc1ccccc1-c1c[nH]c2ncc(-c3cccc(C(=O)N4CCN5CCCC5C4)c3)cc12. The topological polar surface area (TPSA) is 61.5 Å². The van der Waals surface area contributed by atoms with Crippen molar-refractivity contribution in [2.45, 2.75) is 18.9 Å². The summed E-state index contributed by atoms with van der Waals surface area (Å²) in [6.45, 7) is 3.80. The highest BCUT2D eigenvalue weighted by molar-refractivity contribution is 5.98. The summed E-state index contributed by atoms with van der Waals surface area (Å²) in [6, 6.07) is 18.6. The monoisotopic (exact) mass is 452 g/mol. The standard InChI is InChI=1S/C28H28N4O2/c1-34-26-10-3-2-9-23(26)25-17-30-27-24(25)15-21(16-29-27)19-6-4-7-20(14-19)28(33)32-13-12-31-11-5-8-22(31)18-32/h2-4,6-7,9-10,14-17,22H,5,8,11-13,18H2,1H3,(H,29,30). The van der Waals surface area contributed by atoms with Gasteiger partial charge >= 0.3 is 0 Å². The van der Waals surface area contributed by atoms with Gasteiger partial charge in [-0.05, 0) is 49.2 Å². The predicted molar refractivity (Wildman–Crippen MR) is 134 cm³/mol. The van der Waals surface area contributed by atoms with Crippen LogP contribution in [0.3, 0.4) is 0 Å². The van der Waals surface area contributed by atoms with Crippen LogP contribution in [-0.4, -0.2) is 65.0 Å². The number of aromatic nitrogens is 2. The van der Waals surface area contributed by atoms with E-state index in [1.165, 1.54) is 19.4 Å². The van der Waals surface area contributed by atoms with Crippen LogP contribution < -0.4 is 4.74 Å². The summed E-state index contributed by atoms with van der Waals surface area (Å²) in [4.78, 5) is 25.8. The molecule has 0 spiro atoms. The highest BCUT2D eigenvalue weighted by Crippen LogP contribution is 2.36. The highest BCUT2D eigenvalue weighted by atomic mass is 16.5. The molecule has 6 heteroatoms. The van der Waals surface area contributed by atoms with Gasteiger partial charge in [0.15, 0.2) is 0 Å². The number of nitrogens with one attached hydrogen (secondary N) is 1. The molecular formula is C28H28N4O2. The lowest BCUT2D eigenvalue weighted by Crippen LogP contribution is -2.52. The Hall–Kier alpha value is -3.64. The lowest BCUT2D eigenvalue weighted by atomic mass is 10.00. The quantitative estimate of drug-likeness (QED) is 0.482. The van der Waals surface area contributed by atoms with Gasteiger partial charge in [0.05, 0.1) is 7.11 Å². The number of hydrogen-bond acceptors (Lipinski definition) is 4. The first-order valence-electron chi connectivity index (χ1n) is 12.0. The van der Waals surface area contributed by atoms with Crippen LogP contribution in [0.15, 0.2) is 67.0 Å². The van der Waals surface area contributed by atoms with E-state index in [0.29, 0.717) is 6.04 Å². The van der Waals surface area contributed by atoms with E-state index in [-0.39, 0.29) is 5.91 Å². The Morgan fingerprint density at radius 3 is 2.85 bits per heavy atom. The van der Waals surface area contributed by atoms with Crippen molar-refractivity contribution in [1.29, 1.82) is 0 Å². The summed E-state index contributed by atoms with van der Waals surface area (Å²) < 4.78 is 5.58. The number of pyridine rings is 1. The number of carbonyl (C=O) groups is 1. The maximum atomic E-state index is 13.3. The molecular weight excluding hydrogens is 424 g/mol. The van der Waals surface area contributed by atoms with Crippen LogP contribution in [0.5, 0.6) is 5.75 Å². The van der Waals surface area contributed by atoms with Gasteiger partial charge in [-0.25, -0.2) is 4.98 Å². The van der Waals surface area contributed by atoms with E-state index >= 15 is 0 Å². The third-order valence-electron chi connectivity index (χ3n) is 7.25. The van der Waals surface area contributed by atoms with Crippen LogP contribution in [0.2, 0.25) is 0 Å². The molecule has 2 aliphatic heterocycles. The second-order valence-corrected chi connectivity index (χ2v) is 9.19. The van der Waals surface area contributed by atoms with E-state index in [9.17, 15) is 4.79 Å². The zero-order valence-corrected chi connectivity index (χ0v) is 19.3. The molecule has 2 saturated heterocycles. The Kier molecular flexibility index (Phi) is 5.30. The van der Waals surface area contributed by atoms with Gasteiger partial charge in [0.2, 0.25) is 0 Å². The fourth-order valence-corrected chi connectivity index (χ4v) is 5.44. The smallest absolute Gasteiger partial charge is 0.253 e. The molecule has 2 fully saturated rings. The van der Waals surface area contributed by atoms with E-state index in [1.807, 2.05) is 59.8 Å². The van der Waals surface area contributed by atoms with Gasteiger partial charge in [-0.2, -0.15) is 0 Å². The molecule has 0 radical (unpaired) electrons. The number of fused-ring (bicyclic) bond motifs is 2. The number of amides is 1. The Morgan fingerprint density at radius 1 is 1.03 bits per heavy atom. The molecule has 1 amide bonds. The molecule has 2 aliphatic rings. The molecule has 2 aromatic heterocycles. The number of hydrogen-bond donors (Lipinski definition) is 1. The Morgan fingerprint density at radius 2 is 1.94 bits per heavy atom. The fourth-order valence-electron chi connectivity index (χ4n) is 5.44. The lowest BCUT2D eigenvalue weighted by molar-refractivity contribution is 0.0571. The van der Waals surface area contributed by atoms with Crippen LogP contribution >= 0.6 is 0 Å². The minimum absolute atomic E-state index is 0.124. The molecule has 1 atom stereocenters. The molecule has 1 unspecified atom stereocenters. The highest BCUT2D eigenvalue weighted by Gasteiger charge is 2.32. The first kappa shape index (κ1) is 20.9. The Bertz CT molecular complexity index is 1360. The molecule has 1 N–H and O–H groups in total. The maximum absolute atomic E-state index is 13.3. The zero-order chi connectivity index (χ0) is 23.1. The maximum Gasteiger partial charge on any atom is 0.253 e. The van der Waals surface area contributed by atoms with Crippen LogP contribution in [-0.2, 0) is 0 Å². The van der Waals surface area contributed by atoms with E-state index < -0.39 is 0 Å². The minimum Gasteiger partial charge on any atom is -0.496 e. The number of ether oxygens (including phenoxy) is 1. The zero-order valence-electron chi connectivity index (χ0n) is 19.3. The molecule has 0 aliphatic carbocycles. The first-order chi connectivity index (χ1) is 16.7. The molecule has 4 aromatic rings. The molecule has 2 aromatic carbocycles. The van der Waals surface area contributed by atoms with Crippen molar-refractivity contribution in [2.24, 2.45) is 0 Å². The van der Waals surface area contributed by atoms with E-state index in [1.54, 1.807) is 7.11 Å². The van der Waals surface area contributed by atoms with Gasteiger partial charge in [0.25, 0.3) is 5.91 Å². The first-order valence-corrected chi connectivity index (χ1v) is 12.0. The van der Waals surface area contributed by atoms with Crippen molar-refractivity contribution in [1.82, 2.24) is 19.8 Å². The van der Waals surface area contributed by atoms with Crippen LogP contribution in [0.25, 0.3) is 33.3 Å². The predicted octanol–water partition coefficient (Wildman–Crippen LogP) is 4.83. The fraction of sp³-hybridized carbons (Fsp3) is 0.286. The molecule has 34 heavy (non-hydrogen) atoms. The van der Waals surface area contributed by atoms with Gasteiger partial charge in [0.1, 0.15) is 11.4 Å². The number of carbonyl (C=O) groups excluding carboxylic acids is 1. The normalized spacial score (nSPS) is 18.3. The van der Waals surface area contributed by atoms with Crippen molar-refractivity contribution in [2.75, 3.05) is 33.3 Å². The molecule has 0 saturated carbocycles. The molecule has 6 rings (SSSR count). The average molecular weight is 453 g/mol. The van der Waals surface area contributed by atoms with Crippen molar-refractivity contribution >= 4 is 16.9 Å². The van der Waals surface area contributed by atoms with Crippen molar-refractivity contribution in [3.05, 3.63) is 72.6 Å².